The van der Waals surface area contributed by atoms with Gasteiger partial charge in [-0.1, -0.05) is 48.0 Å². The lowest BCUT2D eigenvalue weighted by Crippen LogP contribution is -2.24. The number of hydrogen-bond acceptors (Lipinski definition) is 1. The molecule has 0 spiro atoms. The van der Waals surface area contributed by atoms with E-state index < -0.39 is 5.97 Å². The zero-order chi connectivity index (χ0) is 9.68. The van der Waals surface area contributed by atoms with Crippen LogP contribution in [0.15, 0.2) is 0 Å². The SMILES string of the molecule is O=C(O)C(Br)C1CCCCCCC1. The van der Waals surface area contributed by atoms with Crippen molar-refractivity contribution < 1.29 is 9.90 Å². The molecule has 0 aromatic rings. The van der Waals surface area contributed by atoms with Gasteiger partial charge in [-0.25, -0.2) is 0 Å². The summed E-state index contributed by atoms with van der Waals surface area (Å²) >= 11 is 3.26. The highest BCUT2D eigenvalue weighted by Gasteiger charge is 2.25. The zero-order valence-corrected chi connectivity index (χ0v) is 9.42. The first kappa shape index (κ1) is 11.0. The summed E-state index contributed by atoms with van der Waals surface area (Å²) in [6.07, 6.45) is 8.41. The van der Waals surface area contributed by atoms with Gasteiger partial charge < -0.3 is 5.11 Å². The first-order valence-corrected chi connectivity index (χ1v) is 6.00. The Balaban J connectivity index is 2.40. The lowest BCUT2D eigenvalue weighted by atomic mass is 9.89. The van der Waals surface area contributed by atoms with E-state index in [1.165, 1.54) is 32.1 Å². The van der Waals surface area contributed by atoms with Gasteiger partial charge in [0.2, 0.25) is 0 Å². The molecule has 1 atom stereocenters. The molecule has 1 unspecified atom stereocenters. The molecule has 0 aromatic carbocycles. The van der Waals surface area contributed by atoms with E-state index >= 15 is 0 Å². The highest BCUT2D eigenvalue weighted by atomic mass is 79.9. The van der Waals surface area contributed by atoms with Crippen LogP contribution in [0.1, 0.15) is 44.9 Å². The van der Waals surface area contributed by atoms with Gasteiger partial charge in [-0.2, -0.15) is 0 Å². The summed E-state index contributed by atoms with van der Waals surface area (Å²) in [5, 5.41) is 8.85. The van der Waals surface area contributed by atoms with Crippen molar-refractivity contribution >= 4 is 21.9 Å². The Morgan fingerprint density at radius 1 is 1.15 bits per heavy atom. The number of carbonyl (C=O) groups is 1. The predicted molar refractivity (Wildman–Crippen MR) is 56.2 cm³/mol. The first-order chi connectivity index (χ1) is 6.22. The summed E-state index contributed by atoms with van der Waals surface area (Å²) in [6, 6.07) is 0. The third-order valence-corrected chi connectivity index (χ3v) is 3.94. The van der Waals surface area contributed by atoms with Gasteiger partial charge in [0.15, 0.2) is 0 Å². The molecule has 0 radical (unpaired) electrons. The van der Waals surface area contributed by atoms with Gasteiger partial charge in [0.25, 0.3) is 0 Å². The van der Waals surface area contributed by atoms with E-state index in [2.05, 4.69) is 15.9 Å². The van der Waals surface area contributed by atoms with E-state index in [-0.39, 0.29) is 4.83 Å². The molecule has 1 saturated carbocycles. The molecule has 0 amide bonds. The number of carboxylic acids is 1. The van der Waals surface area contributed by atoms with Crippen molar-refractivity contribution in [2.75, 3.05) is 0 Å². The van der Waals surface area contributed by atoms with E-state index in [0.29, 0.717) is 5.92 Å². The summed E-state index contributed by atoms with van der Waals surface area (Å²) in [5.41, 5.74) is 0. The Hall–Kier alpha value is -0.0500. The maximum absolute atomic E-state index is 10.7. The molecule has 13 heavy (non-hydrogen) atoms. The maximum atomic E-state index is 10.7. The minimum Gasteiger partial charge on any atom is -0.480 e. The molecule has 3 heteroatoms. The van der Waals surface area contributed by atoms with E-state index in [1.54, 1.807) is 0 Å². The number of aliphatic carboxylic acids is 1. The second kappa shape index (κ2) is 5.63. The summed E-state index contributed by atoms with van der Waals surface area (Å²) in [7, 11) is 0. The van der Waals surface area contributed by atoms with Crippen LogP contribution in [0.2, 0.25) is 0 Å². The molecule has 76 valence electrons. The van der Waals surface area contributed by atoms with E-state index in [4.69, 9.17) is 5.11 Å². The predicted octanol–water partition coefficient (Wildman–Crippen LogP) is 3.20. The van der Waals surface area contributed by atoms with Gasteiger partial charge in [0.1, 0.15) is 4.83 Å². The smallest absolute Gasteiger partial charge is 0.317 e. The average Bonchev–Trinajstić information content (AvgIpc) is 2.02. The molecule has 0 aliphatic heterocycles. The second-order valence-corrected chi connectivity index (χ2v) is 4.83. The van der Waals surface area contributed by atoms with Crippen molar-refractivity contribution in [3.8, 4) is 0 Å². The minimum absolute atomic E-state index is 0.328. The second-order valence-electron chi connectivity index (χ2n) is 3.85. The summed E-state index contributed by atoms with van der Waals surface area (Å²) in [4.78, 5) is 10.4. The number of alkyl halides is 1. The van der Waals surface area contributed by atoms with Crippen LogP contribution < -0.4 is 0 Å². The average molecular weight is 249 g/mol. The van der Waals surface area contributed by atoms with Crippen LogP contribution in [0, 0.1) is 5.92 Å². The van der Waals surface area contributed by atoms with Gasteiger partial charge in [-0.15, -0.1) is 0 Å². The topological polar surface area (TPSA) is 37.3 Å². The lowest BCUT2D eigenvalue weighted by Gasteiger charge is -2.21. The van der Waals surface area contributed by atoms with Gasteiger partial charge in [-0.05, 0) is 18.8 Å². The molecule has 0 bridgehead atoms. The molecular weight excluding hydrogens is 232 g/mol. The molecule has 2 nitrogen and oxygen atoms in total. The first-order valence-electron chi connectivity index (χ1n) is 5.08. The van der Waals surface area contributed by atoms with Crippen LogP contribution in [0.4, 0.5) is 0 Å². The normalized spacial score (nSPS) is 23.2. The van der Waals surface area contributed by atoms with Crippen molar-refractivity contribution in [1.29, 1.82) is 0 Å². The third-order valence-electron chi connectivity index (χ3n) is 2.80. The Labute approximate surface area is 87.8 Å². The highest BCUT2D eigenvalue weighted by Crippen LogP contribution is 2.28. The fourth-order valence-electron chi connectivity index (χ4n) is 1.98. The van der Waals surface area contributed by atoms with Crippen LogP contribution in [0.25, 0.3) is 0 Å². The van der Waals surface area contributed by atoms with Gasteiger partial charge in [0.05, 0.1) is 0 Å². The number of carboxylic acid groups (broad SMARTS) is 1. The number of halogens is 1. The van der Waals surface area contributed by atoms with Crippen LogP contribution in [0.5, 0.6) is 0 Å². The van der Waals surface area contributed by atoms with E-state index in [0.717, 1.165) is 12.8 Å². The maximum Gasteiger partial charge on any atom is 0.317 e. The van der Waals surface area contributed by atoms with Crippen molar-refractivity contribution in [1.82, 2.24) is 0 Å². The summed E-state index contributed by atoms with van der Waals surface area (Å²) in [5.74, 6) is -0.358. The minimum atomic E-state index is -0.703. The lowest BCUT2D eigenvalue weighted by molar-refractivity contribution is -0.137. The zero-order valence-electron chi connectivity index (χ0n) is 7.84. The van der Waals surface area contributed by atoms with Crippen LogP contribution >= 0.6 is 15.9 Å². The van der Waals surface area contributed by atoms with Crippen molar-refractivity contribution in [3.63, 3.8) is 0 Å². The monoisotopic (exact) mass is 248 g/mol. The molecule has 0 heterocycles. The molecule has 1 fully saturated rings. The van der Waals surface area contributed by atoms with Gasteiger partial charge in [0, 0.05) is 0 Å². The fourth-order valence-corrected chi connectivity index (χ4v) is 2.51. The van der Waals surface area contributed by atoms with Gasteiger partial charge >= 0.3 is 5.97 Å². The largest absolute Gasteiger partial charge is 0.480 e. The Bertz CT molecular complexity index is 162. The third kappa shape index (κ3) is 3.67. The summed E-state index contributed by atoms with van der Waals surface area (Å²) < 4.78 is 0. The molecule has 1 N–H and O–H groups in total. The Kier molecular flexibility index (Phi) is 4.78. The van der Waals surface area contributed by atoms with Crippen molar-refractivity contribution in [2.24, 2.45) is 5.92 Å². The van der Waals surface area contributed by atoms with Crippen molar-refractivity contribution in [3.05, 3.63) is 0 Å². The van der Waals surface area contributed by atoms with Crippen molar-refractivity contribution in [2.45, 2.75) is 49.8 Å². The quantitative estimate of drug-likeness (QED) is 0.763. The molecule has 1 rings (SSSR count). The molecule has 1 aliphatic carbocycles. The van der Waals surface area contributed by atoms with E-state index in [9.17, 15) is 4.79 Å². The standard InChI is InChI=1S/C10H17BrO2/c11-9(10(12)13)8-6-4-2-1-3-5-7-8/h8-9H,1-7H2,(H,12,13). The highest BCUT2D eigenvalue weighted by molar-refractivity contribution is 9.10. The van der Waals surface area contributed by atoms with Crippen LogP contribution in [-0.2, 0) is 4.79 Å². The van der Waals surface area contributed by atoms with Gasteiger partial charge in [-0.3, -0.25) is 4.79 Å². The van der Waals surface area contributed by atoms with E-state index in [1.807, 2.05) is 0 Å². The Morgan fingerprint density at radius 3 is 2.08 bits per heavy atom. The van der Waals surface area contributed by atoms with Crippen LogP contribution in [-0.4, -0.2) is 15.9 Å². The molecular formula is C10H17BrO2. The molecule has 1 aliphatic rings. The fraction of sp³-hybridized carbons (Fsp3) is 0.900. The van der Waals surface area contributed by atoms with Crippen LogP contribution in [0.3, 0.4) is 0 Å². The molecule has 0 saturated heterocycles. The molecule has 0 aromatic heterocycles. The Morgan fingerprint density at radius 2 is 1.62 bits per heavy atom. The number of rotatable bonds is 2. The number of hydrogen-bond donors (Lipinski definition) is 1. The summed E-state index contributed by atoms with van der Waals surface area (Å²) in [6.45, 7) is 0.